The van der Waals surface area contributed by atoms with E-state index >= 15 is 0 Å². The molecule has 4 heteroatoms. The van der Waals surface area contributed by atoms with Gasteiger partial charge in [0.05, 0.1) is 5.69 Å². The fourth-order valence-corrected chi connectivity index (χ4v) is 2.74. The Bertz CT molecular complexity index is 600. The van der Waals surface area contributed by atoms with Crippen molar-refractivity contribution in [1.29, 1.82) is 0 Å². The third-order valence-electron chi connectivity index (χ3n) is 3.27. The van der Waals surface area contributed by atoms with Crippen molar-refractivity contribution in [2.45, 2.75) is 20.8 Å². The smallest absolute Gasteiger partial charge is 0.124 e. The molecule has 2 rings (SSSR count). The molecule has 0 fully saturated rings. The van der Waals surface area contributed by atoms with E-state index in [0.29, 0.717) is 5.92 Å². The van der Waals surface area contributed by atoms with Gasteiger partial charge in [0.1, 0.15) is 10.8 Å². The van der Waals surface area contributed by atoms with Crippen molar-refractivity contribution in [3.63, 3.8) is 0 Å². The van der Waals surface area contributed by atoms with Gasteiger partial charge in [-0.25, -0.2) is 9.37 Å². The zero-order valence-corrected chi connectivity index (χ0v) is 13.5. The van der Waals surface area contributed by atoms with Gasteiger partial charge in [-0.05, 0) is 42.8 Å². The average Bonchev–Trinajstić information content (AvgIpc) is 2.92. The van der Waals surface area contributed by atoms with Crippen molar-refractivity contribution in [3.05, 3.63) is 46.7 Å². The molecule has 1 heterocycles. The first kappa shape index (κ1) is 15.9. The molecule has 112 valence electrons. The van der Waals surface area contributed by atoms with Gasteiger partial charge in [0, 0.05) is 17.5 Å². The number of likely N-dealkylation sites (N-methyl/N-ethyl adjacent to an activating group) is 1. The van der Waals surface area contributed by atoms with Crippen LogP contribution in [0.2, 0.25) is 0 Å². The van der Waals surface area contributed by atoms with Gasteiger partial charge < -0.3 is 5.32 Å². The van der Waals surface area contributed by atoms with Crippen LogP contribution in [0.4, 0.5) is 4.39 Å². The minimum absolute atomic E-state index is 0.219. The molecule has 1 aromatic carbocycles. The van der Waals surface area contributed by atoms with Crippen LogP contribution in [-0.2, 0) is 0 Å². The molecule has 0 aliphatic heterocycles. The van der Waals surface area contributed by atoms with Crippen molar-refractivity contribution in [3.8, 4) is 10.6 Å². The summed E-state index contributed by atoms with van der Waals surface area (Å²) >= 11 is 1.59. The van der Waals surface area contributed by atoms with Crippen molar-refractivity contribution < 1.29 is 4.39 Å². The molecule has 0 radical (unpaired) electrons. The van der Waals surface area contributed by atoms with Gasteiger partial charge >= 0.3 is 0 Å². The van der Waals surface area contributed by atoms with E-state index in [2.05, 4.69) is 37.1 Å². The molecule has 0 aliphatic rings. The normalized spacial score (nSPS) is 12.1. The van der Waals surface area contributed by atoms with Gasteiger partial charge in [0.2, 0.25) is 0 Å². The molecule has 0 amide bonds. The molecule has 0 saturated carbocycles. The van der Waals surface area contributed by atoms with Crippen LogP contribution in [0.15, 0.2) is 35.2 Å². The van der Waals surface area contributed by atoms with Crippen LogP contribution >= 0.6 is 11.3 Å². The van der Waals surface area contributed by atoms with Crippen LogP contribution < -0.4 is 5.32 Å². The topological polar surface area (TPSA) is 24.9 Å². The van der Waals surface area contributed by atoms with E-state index < -0.39 is 0 Å². The molecule has 0 unspecified atom stereocenters. The van der Waals surface area contributed by atoms with Crippen molar-refractivity contribution in [2.24, 2.45) is 5.92 Å². The van der Waals surface area contributed by atoms with Gasteiger partial charge in [-0.3, -0.25) is 0 Å². The van der Waals surface area contributed by atoms with Crippen LogP contribution in [0.3, 0.4) is 0 Å². The highest BCUT2D eigenvalue weighted by Gasteiger charge is 2.07. The summed E-state index contributed by atoms with van der Waals surface area (Å²) < 4.78 is 13.0. The summed E-state index contributed by atoms with van der Waals surface area (Å²) in [4.78, 5) is 4.63. The first-order chi connectivity index (χ1) is 10.1. The van der Waals surface area contributed by atoms with Crippen LogP contribution in [0.25, 0.3) is 16.6 Å². The molecule has 0 bridgehead atoms. The summed E-state index contributed by atoms with van der Waals surface area (Å²) in [5, 5.41) is 6.33. The van der Waals surface area contributed by atoms with E-state index in [9.17, 15) is 4.39 Å². The van der Waals surface area contributed by atoms with E-state index in [4.69, 9.17) is 0 Å². The number of nitrogens with one attached hydrogen (secondary N) is 1. The van der Waals surface area contributed by atoms with Crippen LogP contribution in [0.5, 0.6) is 0 Å². The summed E-state index contributed by atoms with van der Waals surface area (Å²) in [6.07, 6.45) is 2.15. The lowest BCUT2D eigenvalue weighted by Crippen LogP contribution is -2.18. The molecule has 0 atom stereocenters. The lowest BCUT2D eigenvalue weighted by atomic mass is 10.0. The second kappa shape index (κ2) is 7.48. The van der Waals surface area contributed by atoms with E-state index in [1.807, 2.05) is 5.38 Å². The quantitative estimate of drug-likeness (QED) is 0.843. The van der Waals surface area contributed by atoms with Gasteiger partial charge in [-0.15, -0.1) is 11.3 Å². The van der Waals surface area contributed by atoms with Gasteiger partial charge in [-0.1, -0.05) is 26.3 Å². The van der Waals surface area contributed by atoms with Crippen LogP contribution in [0, 0.1) is 11.7 Å². The number of benzene rings is 1. The van der Waals surface area contributed by atoms with E-state index in [-0.39, 0.29) is 5.82 Å². The van der Waals surface area contributed by atoms with Crippen molar-refractivity contribution >= 4 is 17.4 Å². The molecule has 0 spiro atoms. The SMILES string of the molecule is CCNCC(=Cc1csc(-c2ccc(F)cc2)n1)C(C)C. The van der Waals surface area contributed by atoms with E-state index in [0.717, 1.165) is 29.4 Å². The van der Waals surface area contributed by atoms with E-state index in [1.165, 1.54) is 17.7 Å². The lowest BCUT2D eigenvalue weighted by Gasteiger charge is -2.11. The number of hydrogen-bond acceptors (Lipinski definition) is 3. The Morgan fingerprint density at radius 1 is 1.33 bits per heavy atom. The van der Waals surface area contributed by atoms with Crippen LogP contribution in [0.1, 0.15) is 26.5 Å². The molecule has 2 nitrogen and oxygen atoms in total. The van der Waals surface area contributed by atoms with Gasteiger partial charge in [0.15, 0.2) is 0 Å². The monoisotopic (exact) mass is 304 g/mol. The summed E-state index contributed by atoms with van der Waals surface area (Å²) in [5.74, 6) is 0.267. The number of aromatic nitrogens is 1. The van der Waals surface area contributed by atoms with Crippen molar-refractivity contribution in [2.75, 3.05) is 13.1 Å². The van der Waals surface area contributed by atoms with Crippen LogP contribution in [-0.4, -0.2) is 18.1 Å². The molecular weight excluding hydrogens is 283 g/mol. The summed E-state index contributed by atoms with van der Waals surface area (Å²) in [6.45, 7) is 8.33. The maximum absolute atomic E-state index is 13.0. The molecule has 1 aromatic heterocycles. The Hall–Kier alpha value is -1.52. The summed E-state index contributed by atoms with van der Waals surface area (Å²) in [5.41, 5.74) is 3.27. The highest BCUT2D eigenvalue weighted by Crippen LogP contribution is 2.25. The average molecular weight is 304 g/mol. The second-order valence-electron chi connectivity index (χ2n) is 5.24. The molecule has 21 heavy (non-hydrogen) atoms. The minimum atomic E-state index is -0.219. The number of hydrogen-bond donors (Lipinski definition) is 1. The Kier molecular flexibility index (Phi) is 5.65. The fraction of sp³-hybridized carbons (Fsp3) is 0.353. The molecule has 1 N–H and O–H groups in total. The second-order valence-corrected chi connectivity index (χ2v) is 6.10. The molecule has 2 aromatic rings. The summed E-state index contributed by atoms with van der Waals surface area (Å²) in [7, 11) is 0. The molecule has 0 aliphatic carbocycles. The number of nitrogens with zero attached hydrogens (tertiary/aromatic N) is 1. The maximum atomic E-state index is 13.0. The molecule has 0 saturated heterocycles. The summed E-state index contributed by atoms with van der Waals surface area (Å²) in [6, 6.07) is 6.47. The van der Waals surface area contributed by atoms with E-state index in [1.54, 1.807) is 23.5 Å². The Labute approximate surface area is 129 Å². The number of thiazole rings is 1. The predicted molar refractivity (Wildman–Crippen MR) is 88.9 cm³/mol. The van der Waals surface area contributed by atoms with Gasteiger partial charge in [-0.2, -0.15) is 0 Å². The van der Waals surface area contributed by atoms with Crippen molar-refractivity contribution in [1.82, 2.24) is 10.3 Å². The Balaban J connectivity index is 2.20. The lowest BCUT2D eigenvalue weighted by molar-refractivity contribution is 0.628. The molecular formula is C17H21FN2S. The first-order valence-corrected chi connectivity index (χ1v) is 8.10. The van der Waals surface area contributed by atoms with Gasteiger partial charge in [0.25, 0.3) is 0 Å². The zero-order valence-electron chi connectivity index (χ0n) is 12.7. The minimum Gasteiger partial charge on any atom is -0.313 e. The Morgan fingerprint density at radius 3 is 2.67 bits per heavy atom. The zero-order chi connectivity index (χ0) is 15.2. The maximum Gasteiger partial charge on any atom is 0.124 e. The predicted octanol–water partition coefficient (Wildman–Crippen LogP) is 4.60. The largest absolute Gasteiger partial charge is 0.313 e. The standard InChI is InChI=1S/C17H21FN2S/c1-4-19-10-14(12(2)3)9-16-11-21-17(20-16)13-5-7-15(18)8-6-13/h5-9,11-12,19H,4,10H2,1-3H3. The highest BCUT2D eigenvalue weighted by atomic mass is 32.1. The third-order valence-corrected chi connectivity index (χ3v) is 4.18. The number of rotatable bonds is 6. The highest BCUT2D eigenvalue weighted by molar-refractivity contribution is 7.13. The first-order valence-electron chi connectivity index (χ1n) is 7.22. The number of halogens is 1. The fourth-order valence-electron chi connectivity index (χ4n) is 1.96. The third kappa shape index (κ3) is 4.48. The Morgan fingerprint density at radius 2 is 2.05 bits per heavy atom.